The van der Waals surface area contributed by atoms with Gasteiger partial charge in [0.05, 0.1) is 12.1 Å². The molecule has 0 bridgehead atoms. The van der Waals surface area contributed by atoms with Crippen LogP contribution in [0.1, 0.15) is 5.56 Å². The first-order valence-electron chi connectivity index (χ1n) is 8.71. The first kappa shape index (κ1) is 22.2. The lowest BCUT2D eigenvalue weighted by Gasteiger charge is -2.17. The molecule has 1 aliphatic rings. The van der Waals surface area contributed by atoms with Crippen molar-refractivity contribution in [2.75, 3.05) is 19.0 Å². The molecule has 1 aliphatic heterocycles. The maximum atomic E-state index is 12.9. The van der Waals surface area contributed by atoms with Gasteiger partial charge in [0.1, 0.15) is 11.4 Å². The van der Waals surface area contributed by atoms with Crippen LogP contribution in [0.2, 0.25) is 5.02 Å². The molecule has 3 rings (SSSR count). The summed E-state index contributed by atoms with van der Waals surface area (Å²) < 4.78 is 23.7. The number of amides is 3. The van der Waals surface area contributed by atoms with Crippen LogP contribution in [-0.4, -0.2) is 36.6 Å². The van der Waals surface area contributed by atoms with E-state index in [1.807, 2.05) is 0 Å². The maximum Gasteiger partial charge on any atom is 0.263 e. The Morgan fingerprint density at radius 3 is 2.45 bits per heavy atom. The van der Waals surface area contributed by atoms with E-state index >= 15 is 0 Å². The third kappa shape index (κ3) is 5.56. The van der Waals surface area contributed by atoms with Gasteiger partial charge >= 0.3 is 0 Å². The normalized spacial score (nSPS) is 13.3. The van der Waals surface area contributed by atoms with Gasteiger partial charge in [-0.3, -0.25) is 25.0 Å². The first-order chi connectivity index (χ1) is 14.8. The number of benzene rings is 2. The van der Waals surface area contributed by atoms with E-state index in [1.54, 1.807) is 0 Å². The summed E-state index contributed by atoms with van der Waals surface area (Å²) in [6.45, 7) is -0.393. The van der Waals surface area contributed by atoms with Crippen LogP contribution in [0.25, 0.3) is 6.08 Å². The van der Waals surface area contributed by atoms with E-state index in [1.165, 1.54) is 49.6 Å². The van der Waals surface area contributed by atoms with Crippen LogP contribution in [0.3, 0.4) is 0 Å². The number of carbonyl (C=O) groups is 3. The Morgan fingerprint density at radius 1 is 1.19 bits per heavy atom. The van der Waals surface area contributed by atoms with Crippen molar-refractivity contribution in [3.8, 4) is 11.5 Å². The Hall–Kier alpha value is -3.50. The molecule has 0 atom stereocenters. The summed E-state index contributed by atoms with van der Waals surface area (Å²) in [5, 5.41) is 7.22. The number of halogens is 2. The van der Waals surface area contributed by atoms with Gasteiger partial charge in [0, 0.05) is 5.69 Å². The lowest BCUT2D eigenvalue weighted by Crippen LogP contribution is -2.51. The standard InChI is InChI=1S/C20H15ClFN3O5S/c1-29-15-8-10(6-13-18(27)24-20(31)25-19(13)28)7-14(21)17(15)30-9-16(26)23-12-4-2-11(22)3-5-12/h2-8H,9H2,1H3,(H,23,26)(H2,24,25,27,28,31). The minimum absolute atomic E-state index is 0.0783. The highest BCUT2D eigenvalue weighted by atomic mass is 35.5. The molecule has 2 aromatic carbocycles. The Balaban J connectivity index is 1.75. The summed E-state index contributed by atoms with van der Waals surface area (Å²) in [5.74, 6) is -1.95. The molecule has 3 N–H and O–H groups in total. The minimum atomic E-state index is -0.651. The molecule has 1 saturated heterocycles. The number of nitrogens with one attached hydrogen (secondary N) is 3. The van der Waals surface area contributed by atoms with Crippen molar-refractivity contribution in [2.24, 2.45) is 0 Å². The smallest absolute Gasteiger partial charge is 0.263 e. The summed E-state index contributed by atoms with van der Waals surface area (Å²) in [5.41, 5.74) is 0.621. The van der Waals surface area contributed by atoms with Gasteiger partial charge in [-0.05, 0) is 60.3 Å². The molecule has 31 heavy (non-hydrogen) atoms. The molecule has 160 valence electrons. The Kier molecular flexibility index (Phi) is 6.83. The number of hydrogen-bond donors (Lipinski definition) is 3. The van der Waals surface area contributed by atoms with Crippen molar-refractivity contribution in [3.05, 3.63) is 58.4 Å². The Bertz CT molecular complexity index is 1080. The van der Waals surface area contributed by atoms with Crippen LogP contribution in [-0.2, 0) is 14.4 Å². The van der Waals surface area contributed by atoms with Gasteiger partial charge < -0.3 is 14.8 Å². The molecule has 3 amide bonds. The second kappa shape index (κ2) is 9.54. The maximum absolute atomic E-state index is 12.9. The van der Waals surface area contributed by atoms with Gasteiger partial charge in [-0.1, -0.05) is 11.6 Å². The summed E-state index contributed by atoms with van der Waals surface area (Å²) >= 11 is 11.0. The van der Waals surface area contributed by atoms with E-state index in [0.29, 0.717) is 11.3 Å². The summed E-state index contributed by atoms with van der Waals surface area (Å²) in [6.07, 6.45) is 1.31. The van der Waals surface area contributed by atoms with Crippen LogP contribution >= 0.6 is 23.8 Å². The van der Waals surface area contributed by atoms with E-state index in [-0.39, 0.29) is 27.2 Å². The van der Waals surface area contributed by atoms with Crippen molar-refractivity contribution in [2.45, 2.75) is 0 Å². The van der Waals surface area contributed by atoms with E-state index in [9.17, 15) is 18.8 Å². The molecule has 0 radical (unpaired) electrons. The van der Waals surface area contributed by atoms with Crippen molar-refractivity contribution < 1.29 is 28.2 Å². The van der Waals surface area contributed by atoms with Crippen molar-refractivity contribution in [1.82, 2.24) is 10.6 Å². The quantitative estimate of drug-likeness (QED) is 0.345. The molecule has 0 aromatic heterocycles. The van der Waals surface area contributed by atoms with Crippen LogP contribution in [0.5, 0.6) is 11.5 Å². The average Bonchev–Trinajstić information content (AvgIpc) is 2.71. The van der Waals surface area contributed by atoms with Crippen molar-refractivity contribution in [1.29, 1.82) is 0 Å². The number of hydrogen-bond acceptors (Lipinski definition) is 6. The van der Waals surface area contributed by atoms with Gasteiger partial charge in [0.25, 0.3) is 17.7 Å². The molecule has 8 nitrogen and oxygen atoms in total. The highest BCUT2D eigenvalue weighted by molar-refractivity contribution is 7.80. The second-order valence-corrected chi connectivity index (χ2v) is 6.99. The Labute approximate surface area is 186 Å². The molecule has 1 fully saturated rings. The van der Waals surface area contributed by atoms with Crippen molar-refractivity contribution in [3.63, 3.8) is 0 Å². The molecular formula is C20H15ClFN3O5S. The lowest BCUT2D eigenvalue weighted by atomic mass is 10.1. The van der Waals surface area contributed by atoms with Gasteiger partial charge in [0.15, 0.2) is 23.2 Å². The third-order valence-corrected chi connectivity index (χ3v) is 4.47. The number of carbonyl (C=O) groups excluding carboxylic acids is 3. The molecular weight excluding hydrogens is 449 g/mol. The van der Waals surface area contributed by atoms with Gasteiger partial charge in [-0.15, -0.1) is 0 Å². The van der Waals surface area contributed by atoms with Crippen LogP contribution in [0.15, 0.2) is 42.0 Å². The number of thiocarbonyl (C=S) groups is 1. The van der Waals surface area contributed by atoms with Gasteiger partial charge in [0.2, 0.25) is 0 Å². The average molecular weight is 464 g/mol. The highest BCUT2D eigenvalue weighted by Crippen LogP contribution is 2.37. The topological polar surface area (TPSA) is 106 Å². The lowest BCUT2D eigenvalue weighted by molar-refractivity contribution is -0.123. The zero-order valence-corrected chi connectivity index (χ0v) is 17.5. The van der Waals surface area contributed by atoms with E-state index in [4.69, 9.17) is 33.3 Å². The minimum Gasteiger partial charge on any atom is -0.493 e. The molecule has 2 aromatic rings. The SMILES string of the molecule is COc1cc(C=C2C(=O)NC(=S)NC2=O)cc(Cl)c1OCC(=O)Nc1ccc(F)cc1. The van der Waals surface area contributed by atoms with E-state index < -0.39 is 30.1 Å². The largest absolute Gasteiger partial charge is 0.493 e. The number of methoxy groups -OCH3 is 1. The molecule has 0 spiro atoms. The van der Waals surface area contributed by atoms with E-state index in [2.05, 4.69) is 16.0 Å². The van der Waals surface area contributed by atoms with Gasteiger partial charge in [-0.2, -0.15) is 0 Å². The fourth-order valence-corrected chi connectivity index (χ4v) is 3.06. The van der Waals surface area contributed by atoms with Gasteiger partial charge in [-0.25, -0.2) is 4.39 Å². The molecule has 11 heteroatoms. The summed E-state index contributed by atoms with van der Waals surface area (Å²) in [4.78, 5) is 36.1. The predicted molar refractivity (Wildman–Crippen MR) is 115 cm³/mol. The first-order valence-corrected chi connectivity index (χ1v) is 9.49. The zero-order valence-electron chi connectivity index (χ0n) is 16.0. The zero-order chi connectivity index (χ0) is 22.5. The number of anilines is 1. The highest BCUT2D eigenvalue weighted by Gasteiger charge is 2.26. The molecule has 1 heterocycles. The summed E-state index contributed by atoms with van der Waals surface area (Å²) in [6, 6.07) is 8.17. The Morgan fingerprint density at radius 2 is 1.84 bits per heavy atom. The number of ether oxygens (including phenoxy) is 2. The number of rotatable bonds is 6. The summed E-state index contributed by atoms with van der Waals surface area (Å²) in [7, 11) is 1.37. The molecule has 0 saturated carbocycles. The third-order valence-electron chi connectivity index (χ3n) is 3.98. The molecule has 0 unspecified atom stereocenters. The fourth-order valence-electron chi connectivity index (χ4n) is 2.60. The fraction of sp³-hybridized carbons (Fsp3) is 0.100. The molecule has 0 aliphatic carbocycles. The van der Waals surface area contributed by atoms with E-state index in [0.717, 1.165) is 0 Å². The van der Waals surface area contributed by atoms with Crippen molar-refractivity contribution >= 4 is 58.4 Å². The van der Waals surface area contributed by atoms with Crippen LogP contribution < -0.4 is 25.4 Å². The second-order valence-electron chi connectivity index (χ2n) is 6.17. The monoisotopic (exact) mass is 463 g/mol. The van der Waals surface area contributed by atoms with Crippen LogP contribution in [0.4, 0.5) is 10.1 Å². The van der Waals surface area contributed by atoms with Crippen LogP contribution in [0, 0.1) is 5.82 Å². The predicted octanol–water partition coefficient (Wildman–Crippen LogP) is 2.42.